The number of hydrogen-bond donors (Lipinski definition) is 0. The smallest absolute Gasteiger partial charge is 0.147 e. The average Bonchev–Trinajstić information content (AvgIpc) is 2.16. The number of halogens is 2. The lowest BCUT2D eigenvalue weighted by Gasteiger charge is -1.76. The lowest BCUT2D eigenvalue weighted by atomic mass is 10.4. The molecule has 0 radical (unpaired) electrons. The molecule has 0 N–H and O–H groups in total. The number of aryl methyl sites for hydroxylation is 1. The van der Waals surface area contributed by atoms with Crippen molar-refractivity contribution in [1.29, 1.82) is 0 Å². The van der Waals surface area contributed by atoms with Crippen molar-refractivity contribution in [2.24, 2.45) is 0 Å². The van der Waals surface area contributed by atoms with Crippen molar-refractivity contribution in [3.05, 3.63) is 46.7 Å². The molecule has 74 valence electrons. The Bertz CT molecular complexity index is 233. The first kappa shape index (κ1) is 16.1. The van der Waals surface area contributed by atoms with E-state index in [1.165, 1.54) is 16.2 Å². The van der Waals surface area contributed by atoms with Crippen LogP contribution in [0.1, 0.15) is 11.8 Å². The van der Waals surface area contributed by atoms with Crippen LogP contribution in [0.15, 0.2) is 41.8 Å². The van der Waals surface area contributed by atoms with Crippen molar-refractivity contribution >= 4 is 35.3 Å². The van der Waals surface area contributed by atoms with Crippen LogP contribution in [-0.4, -0.2) is 0 Å². The molecule has 1 aromatic rings. The van der Waals surface area contributed by atoms with Gasteiger partial charge in [0.25, 0.3) is 0 Å². The van der Waals surface area contributed by atoms with Crippen molar-refractivity contribution in [2.45, 2.75) is 13.3 Å². The Morgan fingerprint density at radius 1 is 1.08 bits per heavy atom. The van der Waals surface area contributed by atoms with Crippen LogP contribution in [0.2, 0.25) is 0 Å². The van der Waals surface area contributed by atoms with Gasteiger partial charge in [0, 0.05) is 6.42 Å². The summed E-state index contributed by atoms with van der Waals surface area (Å²) in [4.78, 5) is 1.46. The Balaban J connectivity index is 0. The van der Waals surface area contributed by atoms with Gasteiger partial charge in [0.2, 0.25) is 0 Å². The molecule has 0 amide bonds. The van der Waals surface area contributed by atoms with Crippen molar-refractivity contribution < 1.29 is 24.0 Å². The van der Waals surface area contributed by atoms with Crippen LogP contribution < -0.4 is 24.0 Å². The average molecular weight is 420 g/mol. The minimum Gasteiger partial charge on any atom is -1.00 e. The molecule has 0 unspecified atom stereocenters. The Morgan fingerprint density at radius 2 is 1.69 bits per heavy atom. The highest BCUT2D eigenvalue weighted by Crippen LogP contribution is 2.03. The Labute approximate surface area is 118 Å². The molecular weight excluding hydrogens is 406 g/mol. The maximum atomic E-state index is 2.19. The molecule has 0 saturated heterocycles. The molecule has 0 bridgehead atoms. The Hall–Kier alpha value is 0.640. The number of rotatable bonds is 1. The van der Waals surface area contributed by atoms with Crippen LogP contribution in [0.5, 0.6) is 0 Å². The summed E-state index contributed by atoms with van der Waals surface area (Å²) in [5.41, 5.74) is 0. The van der Waals surface area contributed by atoms with E-state index in [0.29, 0.717) is 0 Å². The summed E-state index contributed by atoms with van der Waals surface area (Å²) in [6.45, 7) is 2.19. The predicted octanol–water partition coefficient (Wildman–Crippen LogP) is 0.789. The third-order valence-corrected chi connectivity index (χ3v) is 2.54. The van der Waals surface area contributed by atoms with Gasteiger partial charge in [-0.3, -0.25) is 0 Å². The van der Waals surface area contributed by atoms with E-state index in [4.69, 9.17) is 0 Å². The fraction of sp³-hybridized carbons (Fsp3) is 0.200. The summed E-state index contributed by atoms with van der Waals surface area (Å²) in [7, 11) is 0. The summed E-state index contributed by atoms with van der Waals surface area (Å²) in [6.07, 6.45) is 1.14. The molecule has 1 heterocycles. The monoisotopic (exact) mass is 420 g/mol. The normalized spacial score (nSPS) is 7.46. The van der Waals surface area contributed by atoms with Crippen LogP contribution >= 0.6 is 35.3 Å². The summed E-state index contributed by atoms with van der Waals surface area (Å²) >= 11 is 1.32. The van der Waals surface area contributed by atoms with Gasteiger partial charge in [-0.05, 0) is 23.5 Å². The van der Waals surface area contributed by atoms with E-state index < -0.39 is 0 Å². The third-order valence-electron chi connectivity index (χ3n) is 1.42. The first-order valence-electron chi connectivity index (χ1n) is 3.83. The molecule has 0 fully saturated rings. The van der Waals surface area contributed by atoms with Crippen molar-refractivity contribution in [2.75, 3.05) is 0 Å². The molecule has 0 aromatic carbocycles. The third kappa shape index (κ3) is 7.69. The fourth-order valence-electron chi connectivity index (χ4n) is 0.800. The van der Waals surface area contributed by atoms with E-state index >= 15 is 0 Å². The van der Waals surface area contributed by atoms with Gasteiger partial charge in [0.1, 0.15) is 10.3 Å². The van der Waals surface area contributed by atoms with E-state index in [1.807, 2.05) is 6.07 Å². The topological polar surface area (TPSA) is 0 Å². The lowest BCUT2D eigenvalue weighted by molar-refractivity contribution is -0.00000229. The van der Waals surface area contributed by atoms with Gasteiger partial charge in [0.05, 0.1) is 0 Å². The van der Waals surface area contributed by atoms with Crippen LogP contribution in [0, 0.1) is 0 Å². The first-order chi connectivity index (χ1) is 5.43. The molecule has 3 heteroatoms. The van der Waals surface area contributed by atoms with Gasteiger partial charge in [-0.15, -0.1) is 24.0 Å². The summed E-state index contributed by atoms with van der Waals surface area (Å²) in [5.74, 6) is 0. The minimum atomic E-state index is 0. The lowest BCUT2D eigenvalue weighted by Crippen LogP contribution is -3.00. The van der Waals surface area contributed by atoms with Crippen molar-refractivity contribution in [1.82, 2.24) is 0 Å². The fourth-order valence-corrected chi connectivity index (χ4v) is 1.53. The molecule has 0 aliphatic carbocycles. The second-order valence-corrected chi connectivity index (χ2v) is 3.38. The Morgan fingerprint density at radius 3 is 2.38 bits per heavy atom. The van der Waals surface area contributed by atoms with E-state index in [-0.39, 0.29) is 48.0 Å². The summed E-state index contributed by atoms with van der Waals surface area (Å²) < 4.78 is 0. The molecule has 0 atom stereocenters. The van der Waals surface area contributed by atoms with Crippen molar-refractivity contribution in [3.8, 4) is 0 Å². The van der Waals surface area contributed by atoms with E-state index in [2.05, 4.69) is 42.6 Å². The zero-order chi connectivity index (χ0) is 7.94. The van der Waals surface area contributed by atoms with E-state index in [1.54, 1.807) is 0 Å². The van der Waals surface area contributed by atoms with Crippen LogP contribution in [0.4, 0.5) is 0 Å². The van der Waals surface area contributed by atoms with E-state index in [0.717, 1.165) is 6.42 Å². The maximum absolute atomic E-state index is 2.19. The zero-order valence-corrected chi connectivity index (χ0v) is 12.9. The van der Waals surface area contributed by atoms with Crippen LogP contribution in [0.3, 0.4) is 0 Å². The summed E-state index contributed by atoms with van der Waals surface area (Å²) in [6, 6.07) is 12.5. The highest BCUT2D eigenvalue weighted by atomic mass is 127. The Kier molecular flexibility index (Phi) is 13.3. The minimum absolute atomic E-state index is 0. The molecule has 1 rings (SSSR count). The first-order valence-corrected chi connectivity index (χ1v) is 4.79. The highest BCUT2D eigenvalue weighted by Gasteiger charge is 1.87. The van der Waals surface area contributed by atoms with E-state index in [9.17, 15) is 0 Å². The van der Waals surface area contributed by atoms with Crippen molar-refractivity contribution in [3.63, 3.8) is 0 Å². The molecule has 0 spiro atoms. The van der Waals surface area contributed by atoms with Gasteiger partial charge >= 0.3 is 0 Å². The number of hydrogen-bond acceptors (Lipinski definition) is 0. The predicted molar refractivity (Wildman–Crippen MR) is 68.1 cm³/mol. The van der Waals surface area contributed by atoms with Crippen LogP contribution in [0.25, 0.3) is 0 Å². The molecule has 0 aliphatic heterocycles. The van der Waals surface area contributed by atoms with Crippen LogP contribution in [-0.2, 0) is 6.42 Å². The second-order valence-electron chi connectivity index (χ2n) is 2.25. The van der Waals surface area contributed by atoms with Gasteiger partial charge in [-0.1, -0.05) is 31.2 Å². The molecule has 1 aromatic heterocycles. The molecule has 0 saturated carbocycles. The molecule has 0 aliphatic rings. The standard InChI is InChI=1S/C10H12S.2HI/c1-2-10-8-6-4-3-5-7-9-11-10;;/h3-9H,2H2,1H3;2*1H. The summed E-state index contributed by atoms with van der Waals surface area (Å²) in [5, 5.41) is 2.17. The largest absolute Gasteiger partial charge is 1.00 e. The van der Waals surface area contributed by atoms with Gasteiger partial charge in [-0.2, -0.15) is 0 Å². The van der Waals surface area contributed by atoms with Gasteiger partial charge in [0.15, 0.2) is 0 Å². The second kappa shape index (κ2) is 10.7. The molecule has 0 nitrogen and oxygen atoms in total. The molecule has 13 heavy (non-hydrogen) atoms. The SMILES string of the molecule is CCc1ccccccc[sH+]1.I.[I-]. The highest BCUT2D eigenvalue weighted by molar-refractivity contribution is 14.0. The zero-order valence-electron chi connectivity index (χ0n) is 7.48. The maximum Gasteiger partial charge on any atom is 0.147 e. The quantitative estimate of drug-likeness (QED) is 0.466. The van der Waals surface area contributed by atoms with Gasteiger partial charge < -0.3 is 24.0 Å². The van der Waals surface area contributed by atoms with Gasteiger partial charge in [-0.25, -0.2) is 0 Å². The molecular formula is C10H14I2S.